The Hall–Kier alpha value is -1.52. The standard InChI is InChI=1S/C21H34O3Si/c1-9-10-17-13-16(12-11-15(2)3)19(23)18(14-22)20(17)24-25(7,8)21(4,5)6/h9,11,13,22-23H,1,10,12,14H2,2-8H3. The summed E-state index contributed by atoms with van der Waals surface area (Å²) in [7, 11) is -2.10. The van der Waals surface area contributed by atoms with Crippen molar-refractivity contribution in [3.63, 3.8) is 0 Å². The van der Waals surface area contributed by atoms with Gasteiger partial charge in [0.15, 0.2) is 0 Å². The molecule has 0 heterocycles. The molecule has 0 aromatic heterocycles. The van der Waals surface area contributed by atoms with E-state index in [2.05, 4.69) is 46.5 Å². The van der Waals surface area contributed by atoms with Gasteiger partial charge in [0, 0.05) is 0 Å². The predicted molar refractivity (Wildman–Crippen MR) is 109 cm³/mol. The Morgan fingerprint density at radius 2 is 1.80 bits per heavy atom. The SMILES string of the molecule is C=CCc1cc(CC=C(C)C)c(O)c(CO)c1O[Si](C)(C)C(C)(C)C. The maximum Gasteiger partial charge on any atom is 0.250 e. The lowest BCUT2D eigenvalue weighted by molar-refractivity contribution is 0.270. The zero-order chi connectivity index (χ0) is 19.4. The molecule has 1 rings (SSSR count). The van der Waals surface area contributed by atoms with Crippen molar-refractivity contribution in [2.24, 2.45) is 0 Å². The van der Waals surface area contributed by atoms with Crippen molar-refractivity contribution in [2.45, 2.75) is 72.2 Å². The van der Waals surface area contributed by atoms with Gasteiger partial charge in [-0.25, -0.2) is 0 Å². The first-order valence-corrected chi connectivity index (χ1v) is 11.8. The summed E-state index contributed by atoms with van der Waals surface area (Å²) in [6.45, 7) is 18.5. The Labute approximate surface area is 154 Å². The second-order valence-electron chi connectivity index (χ2n) is 8.35. The van der Waals surface area contributed by atoms with Gasteiger partial charge in [-0.2, -0.15) is 0 Å². The fourth-order valence-electron chi connectivity index (χ4n) is 2.30. The lowest BCUT2D eigenvalue weighted by Crippen LogP contribution is -2.44. The zero-order valence-corrected chi connectivity index (χ0v) is 17.9. The third-order valence-electron chi connectivity index (χ3n) is 4.92. The van der Waals surface area contributed by atoms with Crippen LogP contribution in [0.4, 0.5) is 0 Å². The van der Waals surface area contributed by atoms with Crippen LogP contribution in [-0.4, -0.2) is 18.5 Å². The molecule has 1 aromatic rings. The summed E-state index contributed by atoms with van der Waals surface area (Å²) in [6.07, 6.45) is 5.17. The molecule has 0 atom stereocenters. The highest BCUT2D eigenvalue weighted by molar-refractivity contribution is 6.74. The summed E-state index contributed by atoms with van der Waals surface area (Å²) >= 11 is 0. The van der Waals surface area contributed by atoms with Gasteiger partial charge in [0.2, 0.25) is 0 Å². The van der Waals surface area contributed by atoms with E-state index in [9.17, 15) is 10.2 Å². The highest BCUT2D eigenvalue weighted by Crippen LogP contribution is 2.42. The van der Waals surface area contributed by atoms with Gasteiger partial charge in [0.1, 0.15) is 11.5 Å². The van der Waals surface area contributed by atoms with Gasteiger partial charge < -0.3 is 14.6 Å². The normalized spacial score (nSPS) is 12.0. The van der Waals surface area contributed by atoms with Gasteiger partial charge in [-0.1, -0.05) is 38.5 Å². The van der Waals surface area contributed by atoms with Gasteiger partial charge >= 0.3 is 0 Å². The van der Waals surface area contributed by atoms with Crippen LogP contribution in [0.1, 0.15) is 51.3 Å². The lowest BCUT2D eigenvalue weighted by Gasteiger charge is -2.38. The lowest BCUT2D eigenvalue weighted by atomic mass is 9.98. The van der Waals surface area contributed by atoms with E-state index >= 15 is 0 Å². The van der Waals surface area contributed by atoms with Crippen LogP contribution in [0, 0.1) is 0 Å². The number of hydrogen-bond donors (Lipinski definition) is 2. The van der Waals surface area contributed by atoms with Crippen molar-refractivity contribution < 1.29 is 14.6 Å². The zero-order valence-electron chi connectivity index (χ0n) is 16.9. The van der Waals surface area contributed by atoms with Gasteiger partial charge in [-0.05, 0) is 62.0 Å². The van der Waals surface area contributed by atoms with Crippen LogP contribution in [0.3, 0.4) is 0 Å². The molecule has 140 valence electrons. The number of aliphatic hydroxyl groups is 1. The van der Waals surface area contributed by atoms with Crippen LogP contribution in [0.2, 0.25) is 18.1 Å². The van der Waals surface area contributed by atoms with E-state index in [0.29, 0.717) is 24.2 Å². The predicted octanol–water partition coefficient (Wildman–Crippen LogP) is 5.51. The first kappa shape index (κ1) is 21.5. The summed E-state index contributed by atoms with van der Waals surface area (Å²) in [6, 6.07) is 1.98. The monoisotopic (exact) mass is 362 g/mol. The molecular weight excluding hydrogens is 328 g/mol. The Morgan fingerprint density at radius 1 is 1.20 bits per heavy atom. The number of benzene rings is 1. The second kappa shape index (κ2) is 8.24. The summed E-state index contributed by atoms with van der Waals surface area (Å²) in [5.41, 5.74) is 3.46. The van der Waals surface area contributed by atoms with Crippen LogP contribution in [0.15, 0.2) is 30.4 Å². The number of phenols is 1. The molecule has 25 heavy (non-hydrogen) atoms. The molecule has 0 aliphatic carbocycles. The van der Waals surface area contributed by atoms with E-state index in [4.69, 9.17) is 4.43 Å². The van der Waals surface area contributed by atoms with Crippen molar-refractivity contribution in [3.05, 3.63) is 47.1 Å². The minimum absolute atomic E-state index is 0.0293. The molecular formula is C21H34O3Si. The first-order valence-electron chi connectivity index (χ1n) is 8.85. The third-order valence-corrected chi connectivity index (χ3v) is 9.25. The van der Waals surface area contributed by atoms with Crippen LogP contribution in [0.25, 0.3) is 0 Å². The molecule has 0 fully saturated rings. The highest BCUT2D eigenvalue weighted by atomic mass is 28.4. The Bertz CT molecular complexity index is 648. The Kier molecular flexibility index (Phi) is 7.09. The van der Waals surface area contributed by atoms with Crippen molar-refractivity contribution in [1.29, 1.82) is 0 Å². The summed E-state index contributed by atoms with van der Waals surface area (Å²) in [5, 5.41) is 20.7. The van der Waals surface area contributed by atoms with E-state index in [-0.39, 0.29) is 17.4 Å². The fraction of sp³-hybridized carbons (Fsp3) is 0.524. The third kappa shape index (κ3) is 5.22. The maximum atomic E-state index is 10.7. The number of aromatic hydroxyl groups is 1. The van der Waals surface area contributed by atoms with E-state index in [1.165, 1.54) is 5.57 Å². The van der Waals surface area contributed by atoms with E-state index in [0.717, 1.165) is 11.1 Å². The highest BCUT2D eigenvalue weighted by Gasteiger charge is 2.40. The van der Waals surface area contributed by atoms with Gasteiger partial charge in [0.25, 0.3) is 8.32 Å². The molecule has 0 radical (unpaired) electrons. The molecule has 2 N–H and O–H groups in total. The maximum absolute atomic E-state index is 10.7. The summed E-state index contributed by atoms with van der Waals surface area (Å²) < 4.78 is 6.49. The molecule has 0 amide bonds. The average Bonchev–Trinajstić information content (AvgIpc) is 2.47. The van der Waals surface area contributed by atoms with Crippen molar-refractivity contribution >= 4 is 8.32 Å². The second-order valence-corrected chi connectivity index (χ2v) is 13.1. The van der Waals surface area contributed by atoms with Crippen molar-refractivity contribution in [2.75, 3.05) is 0 Å². The van der Waals surface area contributed by atoms with Crippen LogP contribution in [0.5, 0.6) is 11.5 Å². The van der Waals surface area contributed by atoms with E-state index in [1.54, 1.807) is 0 Å². The van der Waals surface area contributed by atoms with Crippen LogP contribution < -0.4 is 4.43 Å². The minimum Gasteiger partial charge on any atom is -0.543 e. The first-order chi connectivity index (χ1) is 11.4. The topological polar surface area (TPSA) is 49.7 Å². The summed E-state index contributed by atoms with van der Waals surface area (Å²) in [4.78, 5) is 0. The van der Waals surface area contributed by atoms with Crippen LogP contribution in [-0.2, 0) is 19.4 Å². The van der Waals surface area contributed by atoms with Gasteiger partial charge in [0.05, 0.1) is 12.2 Å². The number of hydrogen-bond acceptors (Lipinski definition) is 3. The molecule has 0 bridgehead atoms. The quantitative estimate of drug-likeness (QED) is 0.497. The molecule has 0 spiro atoms. The Balaban J connectivity index is 3.52. The molecule has 0 aliphatic heterocycles. The number of allylic oxidation sites excluding steroid dienone is 3. The molecule has 3 nitrogen and oxygen atoms in total. The van der Waals surface area contributed by atoms with E-state index in [1.807, 2.05) is 26.0 Å². The molecule has 0 saturated carbocycles. The Morgan fingerprint density at radius 3 is 2.24 bits per heavy atom. The minimum atomic E-state index is -2.10. The summed E-state index contributed by atoms with van der Waals surface area (Å²) in [5.74, 6) is 0.772. The van der Waals surface area contributed by atoms with Crippen LogP contribution >= 0.6 is 0 Å². The molecule has 4 heteroatoms. The number of aliphatic hydroxyl groups excluding tert-OH is 1. The molecule has 0 saturated heterocycles. The average molecular weight is 363 g/mol. The van der Waals surface area contributed by atoms with E-state index < -0.39 is 8.32 Å². The molecule has 0 unspecified atom stereocenters. The van der Waals surface area contributed by atoms with Crippen molar-refractivity contribution in [3.8, 4) is 11.5 Å². The molecule has 0 aliphatic rings. The van der Waals surface area contributed by atoms with Crippen molar-refractivity contribution in [1.82, 2.24) is 0 Å². The fourth-order valence-corrected chi connectivity index (χ4v) is 3.37. The van der Waals surface area contributed by atoms with Gasteiger partial charge in [-0.15, -0.1) is 6.58 Å². The smallest absolute Gasteiger partial charge is 0.250 e. The number of rotatable bonds is 7. The largest absolute Gasteiger partial charge is 0.543 e. The van der Waals surface area contributed by atoms with Gasteiger partial charge in [-0.3, -0.25) is 0 Å². The molecule has 1 aromatic carbocycles.